The zero-order valence-corrected chi connectivity index (χ0v) is 14.2. The third kappa shape index (κ3) is 3.41. The van der Waals surface area contributed by atoms with Crippen LogP contribution in [0.25, 0.3) is 10.9 Å². The van der Waals surface area contributed by atoms with Gasteiger partial charge in [-0.25, -0.2) is 0 Å². The molecule has 23 heavy (non-hydrogen) atoms. The maximum Gasteiger partial charge on any atom is 0.242 e. The van der Waals surface area contributed by atoms with Crippen molar-refractivity contribution < 1.29 is 4.79 Å². The van der Waals surface area contributed by atoms with E-state index in [0.29, 0.717) is 11.4 Å². The summed E-state index contributed by atoms with van der Waals surface area (Å²) in [7, 11) is 0. The molecule has 2 aromatic rings. The molecule has 1 amide bonds. The van der Waals surface area contributed by atoms with Crippen molar-refractivity contribution in [2.24, 2.45) is 0 Å². The van der Waals surface area contributed by atoms with Crippen LogP contribution < -0.4 is 10.7 Å². The van der Waals surface area contributed by atoms with Gasteiger partial charge in [0.05, 0.1) is 5.52 Å². The lowest BCUT2D eigenvalue weighted by molar-refractivity contribution is -0.135. The van der Waals surface area contributed by atoms with E-state index in [2.05, 4.69) is 19.2 Å². The Morgan fingerprint density at radius 2 is 2.00 bits per heavy atom. The smallest absolute Gasteiger partial charge is 0.242 e. The van der Waals surface area contributed by atoms with Crippen molar-refractivity contribution in [1.29, 1.82) is 0 Å². The molecule has 1 aliphatic rings. The van der Waals surface area contributed by atoms with Gasteiger partial charge >= 0.3 is 0 Å². The number of pyridine rings is 1. The molecular formula is C17H22ClN3O2. The molecule has 6 heteroatoms. The number of para-hydroxylation sites is 1. The first-order valence-corrected chi connectivity index (χ1v) is 7.69. The number of hydrogen-bond donors (Lipinski definition) is 1. The van der Waals surface area contributed by atoms with Crippen LogP contribution in [0.5, 0.6) is 0 Å². The van der Waals surface area contributed by atoms with Crippen LogP contribution in [0.1, 0.15) is 13.8 Å². The second-order valence-electron chi connectivity index (χ2n) is 5.90. The van der Waals surface area contributed by atoms with E-state index in [9.17, 15) is 9.59 Å². The molecule has 2 heterocycles. The summed E-state index contributed by atoms with van der Waals surface area (Å²) in [6.07, 6.45) is 1.71. The minimum absolute atomic E-state index is 0. The summed E-state index contributed by atoms with van der Waals surface area (Å²) in [6.45, 7) is 5.97. The van der Waals surface area contributed by atoms with Gasteiger partial charge in [0.1, 0.15) is 6.54 Å². The molecule has 3 rings (SSSR count). The first-order chi connectivity index (χ1) is 10.6. The third-order valence-corrected chi connectivity index (χ3v) is 4.54. The summed E-state index contributed by atoms with van der Waals surface area (Å²) < 4.78 is 1.86. The Kier molecular flexibility index (Phi) is 5.44. The van der Waals surface area contributed by atoms with Crippen LogP contribution in [0.2, 0.25) is 0 Å². The summed E-state index contributed by atoms with van der Waals surface area (Å²) >= 11 is 0. The van der Waals surface area contributed by atoms with Gasteiger partial charge in [-0.1, -0.05) is 12.1 Å². The van der Waals surface area contributed by atoms with Crippen LogP contribution >= 0.6 is 12.4 Å². The minimum atomic E-state index is -0.0107. The number of amides is 1. The Hall–Kier alpha value is -1.85. The normalized spacial score (nSPS) is 21.0. The number of nitrogens with zero attached hydrogens (tertiary/aromatic N) is 2. The average Bonchev–Trinajstić information content (AvgIpc) is 2.53. The van der Waals surface area contributed by atoms with Crippen LogP contribution in [0, 0.1) is 0 Å². The van der Waals surface area contributed by atoms with Gasteiger partial charge in [-0.3, -0.25) is 9.59 Å². The number of benzene rings is 1. The largest absolute Gasteiger partial charge is 0.338 e. The number of rotatable bonds is 2. The lowest BCUT2D eigenvalue weighted by Crippen LogP contribution is -2.57. The molecule has 2 unspecified atom stereocenters. The zero-order valence-electron chi connectivity index (χ0n) is 13.4. The van der Waals surface area contributed by atoms with Gasteiger partial charge < -0.3 is 14.8 Å². The van der Waals surface area contributed by atoms with Crippen LogP contribution in [-0.2, 0) is 11.3 Å². The third-order valence-electron chi connectivity index (χ3n) is 4.54. The highest BCUT2D eigenvalue weighted by molar-refractivity contribution is 5.85. The standard InChI is InChI=1S/C17H21N3O2.ClH/c1-12-13(2)20(10-8-18-12)17(22)11-19-9-7-16(21)14-5-3-4-6-15(14)19;/h3-7,9,12-13,18H,8,10-11H2,1-2H3;1H. The van der Waals surface area contributed by atoms with Crippen molar-refractivity contribution in [1.82, 2.24) is 14.8 Å². The molecule has 1 N–H and O–H groups in total. The Bertz CT molecular complexity index is 759. The van der Waals surface area contributed by atoms with Gasteiger partial charge in [-0.15, -0.1) is 12.4 Å². The molecule has 0 radical (unpaired) electrons. The number of fused-ring (bicyclic) bond motifs is 1. The molecule has 1 aromatic heterocycles. The Morgan fingerprint density at radius 1 is 1.26 bits per heavy atom. The molecule has 124 valence electrons. The molecule has 1 aliphatic heterocycles. The summed E-state index contributed by atoms with van der Waals surface area (Å²) in [6, 6.07) is 9.41. The quantitative estimate of drug-likeness (QED) is 0.907. The monoisotopic (exact) mass is 335 g/mol. The van der Waals surface area contributed by atoms with Crippen molar-refractivity contribution in [3.63, 3.8) is 0 Å². The number of carbonyl (C=O) groups excluding carboxylic acids is 1. The van der Waals surface area contributed by atoms with Gasteiger partial charge in [0.15, 0.2) is 5.43 Å². The van der Waals surface area contributed by atoms with E-state index in [1.807, 2.05) is 27.7 Å². The molecule has 2 atom stereocenters. The lowest BCUT2D eigenvalue weighted by Gasteiger charge is -2.38. The van der Waals surface area contributed by atoms with Gasteiger partial charge in [-0.05, 0) is 26.0 Å². The average molecular weight is 336 g/mol. The first-order valence-electron chi connectivity index (χ1n) is 7.69. The summed E-state index contributed by atoms with van der Waals surface area (Å²) in [5.41, 5.74) is 0.794. The fourth-order valence-electron chi connectivity index (χ4n) is 3.04. The molecule has 1 aromatic carbocycles. The SMILES string of the molecule is CC1NCCN(C(=O)Cn2ccc(=O)c3ccccc32)C1C.Cl. The molecular weight excluding hydrogens is 314 g/mol. The molecule has 1 fully saturated rings. The van der Waals surface area contributed by atoms with Crippen LogP contribution in [0.3, 0.4) is 0 Å². The van der Waals surface area contributed by atoms with Crippen LogP contribution in [0.4, 0.5) is 0 Å². The number of piperazine rings is 1. The summed E-state index contributed by atoms with van der Waals surface area (Å²) in [5, 5.41) is 4.03. The number of aromatic nitrogens is 1. The zero-order chi connectivity index (χ0) is 15.7. The van der Waals surface area contributed by atoms with E-state index >= 15 is 0 Å². The van der Waals surface area contributed by atoms with E-state index in [4.69, 9.17) is 0 Å². The predicted octanol–water partition coefficient (Wildman–Crippen LogP) is 1.63. The van der Waals surface area contributed by atoms with Crippen molar-refractivity contribution >= 4 is 29.2 Å². The number of hydrogen-bond acceptors (Lipinski definition) is 3. The predicted molar refractivity (Wildman–Crippen MR) is 94.1 cm³/mol. The molecule has 0 bridgehead atoms. The second kappa shape index (κ2) is 7.15. The molecule has 0 saturated carbocycles. The highest BCUT2D eigenvalue weighted by Gasteiger charge is 2.27. The van der Waals surface area contributed by atoms with Crippen molar-refractivity contribution in [2.45, 2.75) is 32.5 Å². The van der Waals surface area contributed by atoms with Crippen molar-refractivity contribution in [2.75, 3.05) is 13.1 Å². The maximum absolute atomic E-state index is 12.7. The molecule has 0 spiro atoms. The topological polar surface area (TPSA) is 54.3 Å². The lowest BCUT2D eigenvalue weighted by atomic mass is 10.1. The maximum atomic E-state index is 12.7. The highest BCUT2D eigenvalue weighted by atomic mass is 35.5. The van der Waals surface area contributed by atoms with E-state index in [0.717, 1.165) is 18.6 Å². The highest BCUT2D eigenvalue weighted by Crippen LogP contribution is 2.13. The Morgan fingerprint density at radius 3 is 2.78 bits per heavy atom. The molecule has 5 nitrogen and oxygen atoms in total. The Labute approximate surface area is 141 Å². The number of halogens is 1. The molecule has 1 saturated heterocycles. The van der Waals surface area contributed by atoms with E-state index in [1.54, 1.807) is 12.3 Å². The van der Waals surface area contributed by atoms with Crippen LogP contribution in [0.15, 0.2) is 41.3 Å². The van der Waals surface area contributed by atoms with E-state index in [1.165, 1.54) is 6.07 Å². The Balaban J connectivity index is 0.00000192. The summed E-state index contributed by atoms with van der Waals surface area (Å²) in [4.78, 5) is 26.5. The number of carbonyl (C=O) groups is 1. The fourth-order valence-corrected chi connectivity index (χ4v) is 3.04. The van der Waals surface area contributed by atoms with Gasteiger partial charge in [0.2, 0.25) is 5.91 Å². The first kappa shape index (κ1) is 17.5. The van der Waals surface area contributed by atoms with Gasteiger partial charge in [0.25, 0.3) is 0 Å². The minimum Gasteiger partial charge on any atom is -0.338 e. The summed E-state index contributed by atoms with van der Waals surface area (Å²) in [5.74, 6) is 0.0923. The van der Waals surface area contributed by atoms with E-state index in [-0.39, 0.29) is 36.3 Å². The van der Waals surface area contributed by atoms with Crippen LogP contribution in [-0.4, -0.2) is 40.5 Å². The van der Waals surface area contributed by atoms with E-state index < -0.39 is 0 Å². The van der Waals surface area contributed by atoms with Crippen molar-refractivity contribution in [3.05, 3.63) is 46.8 Å². The van der Waals surface area contributed by atoms with Gasteiger partial charge in [0, 0.05) is 42.8 Å². The molecule has 0 aliphatic carbocycles. The van der Waals surface area contributed by atoms with Crippen molar-refractivity contribution in [3.8, 4) is 0 Å². The second-order valence-corrected chi connectivity index (χ2v) is 5.90. The number of nitrogens with one attached hydrogen (secondary N) is 1. The van der Waals surface area contributed by atoms with Gasteiger partial charge in [-0.2, -0.15) is 0 Å². The fraction of sp³-hybridized carbons (Fsp3) is 0.412.